The first-order valence-electron chi connectivity index (χ1n) is 19.6. The zero-order valence-corrected chi connectivity index (χ0v) is 32.7. The van der Waals surface area contributed by atoms with Crippen LogP contribution in [-0.2, 0) is 0 Å². The smallest absolute Gasteiger partial charge is 0.268 e. The van der Waals surface area contributed by atoms with Crippen molar-refractivity contribution < 1.29 is 9.59 Å². The monoisotopic (exact) mass is 792 g/mol. The first kappa shape index (κ1) is 37.0. The number of anilines is 1. The second-order valence-corrected chi connectivity index (χ2v) is 14.9. The van der Waals surface area contributed by atoms with Gasteiger partial charge in [0, 0.05) is 16.3 Å². The van der Waals surface area contributed by atoms with Crippen LogP contribution in [0.3, 0.4) is 0 Å². The van der Waals surface area contributed by atoms with Crippen molar-refractivity contribution in [2.45, 2.75) is 0 Å². The Bertz CT molecular complexity index is 3430. The summed E-state index contributed by atoms with van der Waals surface area (Å²) in [5, 5.41) is 41.1. The number of carbonyl (C=O) groups is 2. The molecule has 8 nitrogen and oxygen atoms in total. The molecule has 2 heterocycles. The van der Waals surface area contributed by atoms with Crippen LogP contribution in [0.5, 0.6) is 0 Å². The van der Waals surface area contributed by atoms with Gasteiger partial charge in [-0.25, -0.2) is 4.90 Å². The SMILES string of the molecule is N#Cc1ccc(-c2ccc3c4ccc(-c5ccc(C#N)cc5C#N)cc4n(-c4cccc5c4C(=O)N(c4cc(-c6ccccc6)ccc4-c4ccccc4)C5=O)c3c2)c(C#N)c1. The van der Waals surface area contributed by atoms with E-state index in [1.807, 2.05) is 126 Å². The predicted octanol–water partition coefficient (Wildman–Crippen LogP) is 11.7. The van der Waals surface area contributed by atoms with Gasteiger partial charge in [0.05, 0.1) is 80.1 Å². The molecule has 0 spiro atoms. The van der Waals surface area contributed by atoms with Crippen LogP contribution in [0.2, 0.25) is 0 Å². The summed E-state index contributed by atoms with van der Waals surface area (Å²) < 4.78 is 1.97. The van der Waals surface area contributed by atoms with Crippen LogP contribution < -0.4 is 4.90 Å². The summed E-state index contributed by atoms with van der Waals surface area (Å²) in [6, 6.07) is 61.0. The molecule has 0 aliphatic carbocycles. The van der Waals surface area contributed by atoms with Crippen molar-refractivity contribution in [2.75, 3.05) is 4.90 Å². The summed E-state index contributed by atoms with van der Waals surface area (Å²) in [6.07, 6.45) is 0. The van der Waals surface area contributed by atoms with E-state index in [2.05, 4.69) is 24.3 Å². The molecule has 0 saturated heterocycles. The zero-order valence-electron chi connectivity index (χ0n) is 32.7. The Morgan fingerprint density at radius 3 is 1.45 bits per heavy atom. The van der Waals surface area contributed by atoms with Crippen LogP contribution in [0.4, 0.5) is 5.69 Å². The molecule has 8 aromatic carbocycles. The van der Waals surface area contributed by atoms with Crippen LogP contribution in [0.1, 0.15) is 43.0 Å². The molecule has 0 bridgehead atoms. The molecular formula is C54H28N6O2. The number of nitriles is 4. The minimum Gasteiger partial charge on any atom is -0.308 e. The highest BCUT2D eigenvalue weighted by Gasteiger charge is 2.40. The molecular weight excluding hydrogens is 765 g/mol. The Kier molecular flexibility index (Phi) is 8.82. The molecule has 0 atom stereocenters. The van der Waals surface area contributed by atoms with Crippen molar-refractivity contribution in [3.05, 3.63) is 203 Å². The van der Waals surface area contributed by atoms with E-state index in [1.165, 1.54) is 4.90 Å². The van der Waals surface area contributed by atoms with Gasteiger partial charge in [-0.15, -0.1) is 0 Å². The number of amides is 2. The van der Waals surface area contributed by atoms with Crippen LogP contribution >= 0.6 is 0 Å². The number of aromatic nitrogens is 1. The van der Waals surface area contributed by atoms with E-state index in [0.29, 0.717) is 66.9 Å². The molecule has 0 N–H and O–H groups in total. The van der Waals surface area contributed by atoms with Crippen molar-refractivity contribution in [3.8, 4) is 74.5 Å². The van der Waals surface area contributed by atoms with E-state index in [1.54, 1.807) is 48.5 Å². The van der Waals surface area contributed by atoms with Crippen LogP contribution in [0.15, 0.2) is 170 Å². The fraction of sp³-hybridized carbons (Fsp3) is 0. The predicted molar refractivity (Wildman–Crippen MR) is 239 cm³/mol. The van der Waals surface area contributed by atoms with E-state index >= 15 is 4.79 Å². The quantitative estimate of drug-likeness (QED) is 0.154. The van der Waals surface area contributed by atoms with E-state index in [4.69, 9.17) is 0 Å². The number of carbonyl (C=O) groups excluding carboxylic acids is 2. The summed E-state index contributed by atoms with van der Waals surface area (Å²) >= 11 is 0. The highest BCUT2D eigenvalue weighted by molar-refractivity contribution is 6.36. The Morgan fingerprint density at radius 1 is 0.371 bits per heavy atom. The number of hydrogen-bond donors (Lipinski definition) is 0. The lowest BCUT2D eigenvalue weighted by atomic mass is 9.96. The summed E-state index contributed by atoms with van der Waals surface area (Å²) in [7, 11) is 0. The van der Waals surface area contributed by atoms with Gasteiger partial charge in [-0.3, -0.25) is 9.59 Å². The number of fused-ring (bicyclic) bond motifs is 4. The summed E-state index contributed by atoms with van der Waals surface area (Å²) in [4.78, 5) is 31.3. The van der Waals surface area contributed by atoms with Crippen LogP contribution in [0, 0.1) is 45.3 Å². The van der Waals surface area contributed by atoms with E-state index in [9.17, 15) is 25.8 Å². The average Bonchev–Trinajstić information content (AvgIpc) is 3.80. The number of hydrogen-bond acceptors (Lipinski definition) is 6. The summed E-state index contributed by atoms with van der Waals surface area (Å²) in [5.74, 6) is -0.938. The molecule has 0 unspecified atom stereocenters. The van der Waals surface area contributed by atoms with Crippen LogP contribution in [-0.4, -0.2) is 16.4 Å². The maximum absolute atomic E-state index is 15.3. The van der Waals surface area contributed by atoms with Crippen molar-refractivity contribution >= 4 is 39.3 Å². The fourth-order valence-electron chi connectivity index (χ4n) is 8.59. The summed E-state index contributed by atoms with van der Waals surface area (Å²) in [6.45, 7) is 0. The van der Waals surface area contributed by atoms with E-state index < -0.39 is 11.8 Å². The maximum atomic E-state index is 15.3. The molecule has 10 rings (SSSR count). The second kappa shape index (κ2) is 14.8. The lowest BCUT2D eigenvalue weighted by Gasteiger charge is -2.20. The van der Waals surface area contributed by atoms with Gasteiger partial charge in [0.15, 0.2) is 0 Å². The van der Waals surface area contributed by atoms with Crippen molar-refractivity contribution in [1.82, 2.24) is 4.57 Å². The first-order chi connectivity index (χ1) is 30.4. The highest BCUT2D eigenvalue weighted by Crippen LogP contribution is 2.43. The Morgan fingerprint density at radius 2 is 0.903 bits per heavy atom. The lowest BCUT2D eigenvalue weighted by Crippen LogP contribution is -2.30. The fourth-order valence-corrected chi connectivity index (χ4v) is 8.59. The van der Waals surface area contributed by atoms with Crippen molar-refractivity contribution in [3.63, 3.8) is 0 Å². The number of nitrogens with zero attached hydrogens (tertiary/aromatic N) is 6. The van der Waals surface area contributed by atoms with Gasteiger partial charge in [0.25, 0.3) is 11.8 Å². The molecule has 9 aromatic rings. The Labute approximate surface area is 355 Å². The largest absolute Gasteiger partial charge is 0.308 e. The van der Waals surface area contributed by atoms with Gasteiger partial charge in [-0.2, -0.15) is 21.0 Å². The lowest BCUT2D eigenvalue weighted by molar-refractivity contribution is 0.0926. The third kappa shape index (κ3) is 5.89. The number of imide groups is 1. The third-order valence-electron chi connectivity index (χ3n) is 11.5. The Balaban J connectivity index is 1.23. The Hall–Kier alpha value is -9.34. The molecule has 286 valence electrons. The minimum atomic E-state index is -0.483. The van der Waals surface area contributed by atoms with Gasteiger partial charge >= 0.3 is 0 Å². The first-order valence-corrected chi connectivity index (χ1v) is 19.6. The molecule has 0 fully saturated rings. The normalized spacial score (nSPS) is 11.8. The molecule has 1 aromatic heterocycles. The van der Waals surface area contributed by atoms with Crippen molar-refractivity contribution in [2.24, 2.45) is 0 Å². The van der Waals surface area contributed by atoms with E-state index in [-0.39, 0.29) is 11.1 Å². The van der Waals surface area contributed by atoms with Gasteiger partial charge in [-0.1, -0.05) is 115 Å². The topological polar surface area (TPSA) is 137 Å². The van der Waals surface area contributed by atoms with Gasteiger partial charge in [0.2, 0.25) is 0 Å². The molecule has 62 heavy (non-hydrogen) atoms. The molecule has 1 aliphatic rings. The van der Waals surface area contributed by atoms with Crippen LogP contribution in [0.25, 0.3) is 72.0 Å². The molecule has 0 radical (unpaired) electrons. The molecule has 1 aliphatic heterocycles. The summed E-state index contributed by atoms with van der Waals surface area (Å²) in [5.41, 5.74) is 10.2. The molecule has 2 amide bonds. The minimum absolute atomic E-state index is 0.225. The number of benzene rings is 8. The van der Waals surface area contributed by atoms with Gasteiger partial charge in [-0.05, 0) is 93.5 Å². The standard InChI is InChI=1S/C54H28N6O2/c55-29-33-14-19-42(40(24-33)31-57)38-17-22-45-46-23-18-39(43-20-15-34(30-56)25-41(43)32-58)28-51(46)59(50(45)27-38)48-13-7-12-47-52(48)54(62)60(53(47)61)49-26-37(35-8-3-1-4-9-35)16-21-44(49)36-10-5-2-6-11-36/h1-28H. The molecule has 0 saturated carbocycles. The third-order valence-corrected chi connectivity index (χ3v) is 11.5. The average molecular weight is 793 g/mol. The maximum Gasteiger partial charge on any atom is 0.268 e. The van der Waals surface area contributed by atoms with Gasteiger partial charge in [0.1, 0.15) is 0 Å². The van der Waals surface area contributed by atoms with Gasteiger partial charge < -0.3 is 4.57 Å². The zero-order chi connectivity index (χ0) is 42.5. The number of rotatable bonds is 6. The molecule has 8 heteroatoms. The van der Waals surface area contributed by atoms with E-state index in [0.717, 1.165) is 33.0 Å². The second-order valence-electron chi connectivity index (χ2n) is 14.9. The van der Waals surface area contributed by atoms with Crippen molar-refractivity contribution in [1.29, 1.82) is 21.0 Å². The highest BCUT2D eigenvalue weighted by atomic mass is 16.2.